The summed E-state index contributed by atoms with van der Waals surface area (Å²) >= 11 is 3.65. The Balaban J connectivity index is 2.71. The van der Waals surface area contributed by atoms with Crippen LogP contribution < -0.4 is 10.1 Å². The number of hydrogen-bond acceptors (Lipinski definition) is 2. The number of benzene rings is 1. The zero-order valence-electron chi connectivity index (χ0n) is 13.2. The average Bonchev–Trinajstić information content (AvgIpc) is 2.43. The van der Waals surface area contributed by atoms with E-state index in [1.807, 2.05) is 6.07 Å². The molecule has 0 aliphatic heterocycles. The number of hydrogen-bond donors (Lipinski definition) is 1. The van der Waals surface area contributed by atoms with E-state index in [2.05, 4.69) is 54.2 Å². The van der Waals surface area contributed by atoms with Gasteiger partial charge in [0.2, 0.25) is 0 Å². The third-order valence-electron chi connectivity index (χ3n) is 3.49. The molecule has 2 nitrogen and oxygen atoms in total. The highest BCUT2D eigenvalue weighted by Gasteiger charge is 2.12. The van der Waals surface area contributed by atoms with Gasteiger partial charge in [-0.2, -0.15) is 0 Å². The first kappa shape index (κ1) is 17.5. The molecule has 0 radical (unpaired) electrons. The third kappa shape index (κ3) is 6.27. The second-order valence-electron chi connectivity index (χ2n) is 5.78. The summed E-state index contributed by atoms with van der Waals surface area (Å²) in [4.78, 5) is 0. The molecule has 0 aromatic heterocycles. The van der Waals surface area contributed by atoms with Crippen LogP contribution in [0.5, 0.6) is 5.75 Å². The largest absolute Gasteiger partial charge is 0.497 e. The maximum absolute atomic E-state index is 5.33. The lowest BCUT2D eigenvalue weighted by atomic mass is 9.97. The predicted molar refractivity (Wildman–Crippen MR) is 90.6 cm³/mol. The zero-order chi connectivity index (χ0) is 15.0. The van der Waals surface area contributed by atoms with Crippen molar-refractivity contribution in [1.82, 2.24) is 5.32 Å². The highest BCUT2D eigenvalue weighted by atomic mass is 79.9. The van der Waals surface area contributed by atoms with E-state index in [4.69, 9.17) is 4.74 Å². The molecular weight excluding hydrogens is 314 g/mol. The second kappa shape index (κ2) is 9.41. The van der Waals surface area contributed by atoms with Crippen molar-refractivity contribution in [2.45, 2.75) is 52.5 Å². The molecule has 0 aliphatic rings. The number of halogens is 1. The van der Waals surface area contributed by atoms with Crippen LogP contribution in [0.4, 0.5) is 0 Å². The van der Waals surface area contributed by atoms with Crippen molar-refractivity contribution in [2.75, 3.05) is 13.7 Å². The Morgan fingerprint density at radius 1 is 1.25 bits per heavy atom. The molecule has 1 aromatic rings. The maximum Gasteiger partial charge on any atom is 0.119 e. The molecule has 1 unspecified atom stereocenters. The fraction of sp³-hybridized carbons (Fsp3) is 0.647. The number of nitrogens with one attached hydrogen (secondary N) is 1. The lowest BCUT2D eigenvalue weighted by molar-refractivity contribution is 0.410. The van der Waals surface area contributed by atoms with E-state index < -0.39 is 0 Å². The van der Waals surface area contributed by atoms with Gasteiger partial charge in [0.25, 0.3) is 0 Å². The smallest absolute Gasteiger partial charge is 0.119 e. The van der Waals surface area contributed by atoms with Crippen molar-refractivity contribution in [2.24, 2.45) is 5.92 Å². The molecule has 0 heterocycles. The van der Waals surface area contributed by atoms with Crippen molar-refractivity contribution in [3.63, 3.8) is 0 Å². The van der Waals surface area contributed by atoms with E-state index in [-0.39, 0.29) is 0 Å². The summed E-state index contributed by atoms with van der Waals surface area (Å²) in [6.45, 7) is 7.88. The minimum absolute atomic E-state index is 0.542. The van der Waals surface area contributed by atoms with Gasteiger partial charge >= 0.3 is 0 Å². The first-order chi connectivity index (χ1) is 9.56. The fourth-order valence-electron chi connectivity index (χ4n) is 2.26. The topological polar surface area (TPSA) is 21.3 Å². The van der Waals surface area contributed by atoms with Gasteiger partial charge < -0.3 is 10.1 Å². The first-order valence-corrected chi connectivity index (χ1v) is 8.41. The number of ether oxygens (including phenoxy) is 1. The molecule has 0 saturated carbocycles. The summed E-state index contributed by atoms with van der Waals surface area (Å²) in [6.07, 6.45) is 4.71. The summed E-state index contributed by atoms with van der Waals surface area (Å²) in [5.41, 5.74) is 1.32. The predicted octanol–water partition coefficient (Wildman–Crippen LogP) is 4.80. The molecule has 0 bridgehead atoms. The van der Waals surface area contributed by atoms with E-state index in [0.29, 0.717) is 6.04 Å². The van der Waals surface area contributed by atoms with Crippen molar-refractivity contribution in [3.05, 3.63) is 28.2 Å². The van der Waals surface area contributed by atoms with E-state index in [1.165, 1.54) is 29.3 Å². The van der Waals surface area contributed by atoms with Gasteiger partial charge in [0, 0.05) is 10.5 Å². The Morgan fingerprint density at radius 2 is 2.00 bits per heavy atom. The highest BCUT2D eigenvalue weighted by molar-refractivity contribution is 9.10. The van der Waals surface area contributed by atoms with Crippen LogP contribution >= 0.6 is 15.9 Å². The van der Waals surface area contributed by atoms with Crippen LogP contribution in [-0.2, 0) is 6.42 Å². The molecule has 0 fully saturated rings. The highest BCUT2D eigenvalue weighted by Crippen LogP contribution is 2.24. The minimum atomic E-state index is 0.542. The van der Waals surface area contributed by atoms with Crippen molar-refractivity contribution < 1.29 is 4.74 Å². The lowest BCUT2D eigenvalue weighted by Crippen LogP contribution is -2.32. The molecular formula is C17H28BrNO. The van der Waals surface area contributed by atoms with Crippen LogP contribution in [0.1, 0.15) is 45.6 Å². The van der Waals surface area contributed by atoms with Crippen LogP contribution in [-0.4, -0.2) is 19.7 Å². The van der Waals surface area contributed by atoms with E-state index in [1.54, 1.807) is 7.11 Å². The van der Waals surface area contributed by atoms with Gasteiger partial charge in [-0.3, -0.25) is 0 Å². The van der Waals surface area contributed by atoms with Crippen LogP contribution in [0.25, 0.3) is 0 Å². The summed E-state index contributed by atoms with van der Waals surface area (Å²) in [5.74, 6) is 1.69. The fourth-order valence-corrected chi connectivity index (χ4v) is 2.67. The van der Waals surface area contributed by atoms with Gasteiger partial charge in [0.15, 0.2) is 0 Å². The third-order valence-corrected chi connectivity index (χ3v) is 4.27. The Kier molecular flexibility index (Phi) is 8.24. The standard InChI is InChI=1S/C17H28BrNO/c1-5-10-19-15(7-6-13(2)3)11-14-12-16(20-4)8-9-17(14)18/h8-9,12-13,15,19H,5-7,10-11H2,1-4H3. The zero-order valence-corrected chi connectivity index (χ0v) is 14.8. The molecule has 0 amide bonds. The van der Waals surface area contributed by atoms with E-state index >= 15 is 0 Å². The number of methoxy groups -OCH3 is 1. The second-order valence-corrected chi connectivity index (χ2v) is 6.64. The Morgan fingerprint density at radius 3 is 2.60 bits per heavy atom. The normalized spacial score (nSPS) is 12.7. The van der Waals surface area contributed by atoms with Gasteiger partial charge in [-0.15, -0.1) is 0 Å². The van der Waals surface area contributed by atoms with Gasteiger partial charge in [0.1, 0.15) is 5.75 Å². The van der Waals surface area contributed by atoms with Crippen LogP contribution in [0, 0.1) is 5.92 Å². The van der Waals surface area contributed by atoms with Crippen molar-refractivity contribution in [1.29, 1.82) is 0 Å². The molecule has 114 valence electrons. The summed E-state index contributed by atoms with van der Waals surface area (Å²) in [7, 11) is 1.72. The van der Waals surface area contributed by atoms with Gasteiger partial charge in [-0.1, -0.05) is 36.7 Å². The molecule has 1 rings (SSSR count). The maximum atomic E-state index is 5.33. The van der Waals surface area contributed by atoms with Crippen molar-refractivity contribution in [3.8, 4) is 5.75 Å². The minimum Gasteiger partial charge on any atom is -0.497 e. The van der Waals surface area contributed by atoms with Gasteiger partial charge in [-0.25, -0.2) is 0 Å². The Labute approximate surface area is 132 Å². The van der Waals surface area contributed by atoms with E-state index in [9.17, 15) is 0 Å². The Bertz CT molecular complexity index is 393. The molecule has 20 heavy (non-hydrogen) atoms. The first-order valence-electron chi connectivity index (χ1n) is 7.62. The SMILES string of the molecule is CCCNC(CCC(C)C)Cc1cc(OC)ccc1Br. The van der Waals surface area contributed by atoms with Gasteiger partial charge in [0.05, 0.1) is 7.11 Å². The summed E-state index contributed by atoms with van der Waals surface area (Å²) in [6, 6.07) is 6.75. The molecule has 3 heteroatoms. The molecule has 0 saturated heterocycles. The molecule has 0 aliphatic carbocycles. The monoisotopic (exact) mass is 341 g/mol. The van der Waals surface area contributed by atoms with Crippen LogP contribution in [0.2, 0.25) is 0 Å². The lowest BCUT2D eigenvalue weighted by Gasteiger charge is -2.20. The summed E-state index contributed by atoms with van der Waals surface area (Å²) < 4.78 is 6.50. The molecule has 1 aromatic carbocycles. The Hall–Kier alpha value is -0.540. The quantitative estimate of drug-likeness (QED) is 0.696. The summed E-state index contributed by atoms with van der Waals surface area (Å²) in [5, 5.41) is 3.68. The molecule has 0 spiro atoms. The average molecular weight is 342 g/mol. The molecule has 1 atom stereocenters. The number of rotatable bonds is 9. The van der Waals surface area contributed by atoms with Crippen LogP contribution in [0.3, 0.4) is 0 Å². The van der Waals surface area contributed by atoms with Gasteiger partial charge in [-0.05, 0) is 61.9 Å². The van der Waals surface area contributed by atoms with E-state index in [0.717, 1.165) is 24.6 Å². The van der Waals surface area contributed by atoms with Crippen molar-refractivity contribution >= 4 is 15.9 Å². The molecule has 1 N–H and O–H groups in total. The van der Waals surface area contributed by atoms with Crippen LogP contribution in [0.15, 0.2) is 22.7 Å².